The Balaban J connectivity index is 0.00000506. The third kappa shape index (κ3) is 9.14. The van der Waals surface area contributed by atoms with Gasteiger partial charge >= 0.3 is 0 Å². The second-order valence-electron chi connectivity index (χ2n) is 9.88. The molecule has 0 spiro atoms. The van der Waals surface area contributed by atoms with Crippen LogP contribution in [0.4, 0.5) is 0 Å². The first-order valence-electron chi connectivity index (χ1n) is 13.9. The van der Waals surface area contributed by atoms with Crippen molar-refractivity contribution in [2.75, 3.05) is 40.0 Å². The van der Waals surface area contributed by atoms with E-state index in [0.717, 1.165) is 5.56 Å². The van der Waals surface area contributed by atoms with Gasteiger partial charge in [0.25, 0.3) is 5.91 Å². The van der Waals surface area contributed by atoms with Crippen molar-refractivity contribution in [3.63, 3.8) is 0 Å². The van der Waals surface area contributed by atoms with Crippen LogP contribution in [-0.2, 0) is 29.0 Å². The van der Waals surface area contributed by atoms with E-state index in [1.54, 1.807) is 29.1 Å². The molecule has 1 aliphatic heterocycles. The van der Waals surface area contributed by atoms with Crippen LogP contribution < -0.4 is 25.8 Å². The van der Waals surface area contributed by atoms with Crippen molar-refractivity contribution in [3.8, 4) is 11.5 Å². The maximum atomic E-state index is 13.6. The minimum absolute atomic E-state index is 0. The lowest BCUT2D eigenvalue weighted by atomic mass is 10.0. The Kier molecular flexibility index (Phi) is 12.7. The van der Waals surface area contributed by atoms with Crippen molar-refractivity contribution in [2.45, 2.75) is 37.9 Å². The Morgan fingerprint density at radius 3 is 2.70 bits per heavy atom. The molecule has 232 valence electrons. The lowest BCUT2D eigenvalue weighted by Gasteiger charge is -2.26. The summed E-state index contributed by atoms with van der Waals surface area (Å²) in [6.45, 7) is 0.793. The van der Waals surface area contributed by atoms with Crippen LogP contribution in [0.1, 0.15) is 28.0 Å². The molecule has 1 aromatic heterocycles. The van der Waals surface area contributed by atoms with E-state index in [4.69, 9.17) is 15.2 Å². The highest BCUT2D eigenvalue weighted by molar-refractivity contribution is 6.00. The molecule has 2 bridgehead atoms. The monoisotopic (exact) mass is 615 g/mol. The summed E-state index contributed by atoms with van der Waals surface area (Å²) in [5.74, 6) is -0.682. The van der Waals surface area contributed by atoms with Crippen molar-refractivity contribution >= 4 is 30.1 Å². The number of halogens is 1. The van der Waals surface area contributed by atoms with Crippen LogP contribution in [0.3, 0.4) is 0 Å². The van der Waals surface area contributed by atoms with Crippen molar-refractivity contribution in [1.29, 1.82) is 0 Å². The van der Waals surface area contributed by atoms with Gasteiger partial charge in [-0.1, -0.05) is 41.6 Å². The normalized spacial score (nSPS) is 17.4. The van der Waals surface area contributed by atoms with Gasteiger partial charge in [-0.05, 0) is 17.7 Å². The van der Waals surface area contributed by atoms with Crippen LogP contribution in [-0.4, -0.2) is 94.8 Å². The van der Waals surface area contributed by atoms with Gasteiger partial charge in [0.1, 0.15) is 12.1 Å². The number of methoxy groups -OCH3 is 1. The summed E-state index contributed by atoms with van der Waals surface area (Å²) in [6.07, 6.45) is 3.01. The molecule has 2 heterocycles. The first-order valence-corrected chi connectivity index (χ1v) is 13.9. The number of hydrogen-bond acceptors (Lipinski definition) is 9. The molecule has 1 aliphatic rings. The lowest BCUT2D eigenvalue weighted by Crippen LogP contribution is -2.51. The Morgan fingerprint density at radius 1 is 1.16 bits per heavy atom. The number of fused-ring (bicyclic) bond motifs is 3. The summed E-state index contributed by atoms with van der Waals surface area (Å²) in [7, 11) is 1.50. The molecule has 0 aliphatic carbocycles. The van der Waals surface area contributed by atoms with Gasteiger partial charge in [-0.15, -0.1) is 17.5 Å². The Hall–Kier alpha value is -4.20. The van der Waals surface area contributed by atoms with Crippen molar-refractivity contribution in [3.05, 3.63) is 71.5 Å². The number of rotatable bonds is 5. The summed E-state index contributed by atoms with van der Waals surface area (Å²) in [5.41, 5.74) is 7.59. The summed E-state index contributed by atoms with van der Waals surface area (Å²) >= 11 is 0. The molecular weight excluding hydrogens is 578 g/mol. The van der Waals surface area contributed by atoms with E-state index in [0.29, 0.717) is 30.8 Å². The number of hydrogen-bond donors (Lipinski definition) is 4. The van der Waals surface area contributed by atoms with E-state index in [2.05, 4.69) is 20.9 Å². The number of carbonyl (C=O) groups is 3. The molecule has 2 atom stereocenters. The van der Waals surface area contributed by atoms with Crippen molar-refractivity contribution in [1.82, 2.24) is 30.5 Å². The van der Waals surface area contributed by atoms with Crippen LogP contribution >= 0.6 is 12.4 Å². The molecule has 0 unspecified atom stereocenters. The lowest BCUT2D eigenvalue weighted by molar-refractivity contribution is -0.134. The predicted octanol–water partition coefficient (Wildman–Crippen LogP) is 0.339. The fourth-order valence-electron chi connectivity index (χ4n) is 4.59. The molecule has 0 saturated heterocycles. The minimum atomic E-state index is -1.08. The van der Waals surface area contributed by atoms with Crippen LogP contribution in [0.5, 0.6) is 11.5 Å². The summed E-state index contributed by atoms with van der Waals surface area (Å²) < 4.78 is 13.2. The second kappa shape index (κ2) is 16.4. The molecule has 2 aromatic carbocycles. The van der Waals surface area contributed by atoms with Gasteiger partial charge in [-0.25, -0.2) is 0 Å². The summed E-state index contributed by atoms with van der Waals surface area (Å²) in [6, 6.07) is 12.3. The highest BCUT2D eigenvalue weighted by atomic mass is 35.5. The zero-order valence-electron chi connectivity index (χ0n) is 24.0. The number of nitrogens with zero attached hydrogens (tertiary/aromatic N) is 4. The van der Waals surface area contributed by atoms with Crippen LogP contribution in [0, 0.1) is 0 Å². The smallest absolute Gasteiger partial charge is 0.255 e. The third-order valence-corrected chi connectivity index (χ3v) is 6.86. The number of carbonyl (C=O) groups excluding carboxylic acids is 3. The number of aliphatic hydroxyl groups excluding tert-OH is 1. The SMILES string of the molecule is COc1cccc2c1OCCCn1cc(nn1)CCN(C(=O)[C@@H](N)CO)CCNC(=O)[C@H](Cc1ccccc1)NC2=O.Cl. The van der Waals surface area contributed by atoms with Crippen LogP contribution in [0.2, 0.25) is 0 Å². The van der Waals surface area contributed by atoms with Crippen molar-refractivity contribution < 1.29 is 29.0 Å². The average molecular weight is 616 g/mol. The first-order chi connectivity index (χ1) is 20.4. The molecule has 43 heavy (non-hydrogen) atoms. The molecule has 14 heteroatoms. The number of para-hydroxylation sites is 1. The van der Waals surface area contributed by atoms with E-state index in [1.165, 1.54) is 12.0 Å². The maximum absolute atomic E-state index is 13.6. The van der Waals surface area contributed by atoms with Gasteiger partial charge in [-0.2, -0.15) is 0 Å². The van der Waals surface area contributed by atoms with Gasteiger partial charge in [0.2, 0.25) is 11.8 Å². The summed E-state index contributed by atoms with van der Waals surface area (Å²) in [4.78, 5) is 41.3. The molecule has 0 fully saturated rings. The fourth-order valence-corrected chi connectivity index (χ4v) is 4.59. The average Bonchev–Trinajstić information content (AvgIpc) is 3.47. The van der Waals surface area contributed by atoms with E-state index < -0.39 is 36.4 Å². The number of amides is 3. The highest BCUT2D eigenvalue weighted by Gasteiger charge is 2.26. The minimum Gasteiger partial charge on any atom is -0.493 e. The molecule has 3 aromatic rings. The maximum Gasteiger partial charge on any atom is 0.255 e. The number of nitrogens with one attached hydrogen (secondary N) is 2. The van der Waals surface area contributed by atoms with Gasteiger partial charge in [0.15, 0.2) is 11.5 Å². The van der Waals surface area contributed by atoms with E-state index in [9.17, 15) is 19.5 Å². The van der Waals surface area contributed by atoms with Gasteiger partial charge in [0.05, 0.1) is 31.6 Å². The molecule has 3 amide bonds. The van der Waals surface area contributed by atoms with E-state index >= 15 is 0 Å². The quantitative estimate of drug-likeness (QED) is 0.315. The van der Waals surface area contributed by atoms with E-state index in [1.807, 2.05) is 30.3 Å². The molecular formula is C29H38ClN7O6. The zero-order chi connectivity index (χ0) is 29.9. The second-order valence-corrected chi connectivity index (χ2v) is 9.88. The van der Waals surface area contributed by atoms with Crippen LogP contribution in [0.25, 0.3) is 0 Å². The Labute approximate surface area is 256 Å². The largest absolute Gasteiger partial charge is 0.493 e. The Bertz CT molecular complexity index is 1360. The molecule has 0 saturated carbocycles. The van der Waals surface area contributed by atoms with Gasteiger partial charge in [0, 0.05) is 51.6 Å². The molecule has 5 N–H and O–H groups in total. The first kappa shape index (κ1) is 33.3. The topological polar surface area (TPSA) is 174 Å². The zero-order valence-corrected chi connectivity index (χ0v) is 24.8. The van der Waals surface area contributed by atoms with Crippen molar-refractivity contribution in [2.24, 2.45) is 5.73 Å². The number of aryl methyl sites for hydroxylation is 1. The Morgan fingerprint density at radius 2 is 1.95 bits per heavy atom. The standard InChI is InChI=1S/C29H37N7O6.ClH/c1-41-25-10-5-9-22-26(25)42-16-6-13-36-18-21(33-34-36)11-14-35(29(40)23(30)19-37)15-12-31-28(39)24(32-27(22)38)17-20-7-3-2-4-8-20;/h2-5,7-10,18,23-24,37H,6,11-17,19,30H2,1H3,(H,31,39)(H,32,38);1H/t23-,24-;/m0./s1. The van der Waals surface area contributed by atoms with E-state index in [-0.39, 0.29) is 56.4 Å². The molecule has 13 nitrogen and oxygen atoms in total. The number of aliphatic hydroxyl groups is 1. The highest BCUT2D eigenvalue weighted by Crippen LogP contribution is 2.31. The predicted molar refractivity (Wildman–Crippen MR) is 160 cm³/mol. The fraction of sp³-hybridized carbons (Fsp3) is 0.414. The van der Waals surface area contributed by atoms with Crippen LogP contribution in [0.15, 0.2) is 54.7 Å². The molecule has 0 radical (unpaired) electrons. The number of benzene rings is 2. The summed E-state index contributed by atoms with van der Waals surface area (Å²) in [5, 5.41) is 23.5. The number of ether oxygens (including phenoxy) is 2. The molecule has 4 rings (SSSR count). The van der Waals surface area contributed by atoms with Gasteiger partial charge < -0.3 is 35.8 Å². The number of nitrogens with two attached hydrogens (primary N) is 1. The third-order valence-electron chi connectivity index (χ3n) is 6.86. The van der Waals surface area contributed by atoms with Gasteiger partial charge in [-0.3, -0.25) is 19.1 Å². The number of aromatic nitrogens is 3.